The summed E-state index contributed by atoms with van der Waals surface area (Å²) in [4.78, 5) is 13.0. The minimum atomic E-state index is -1.68. The Morgan fingerprint density at radius 1 is 0.596 bits per heavy atom. The first-order chi connectivity index (χ1) is 27.7. The molecule has 0 radical (unpaired) electrons. The zero-order valence-electron chi connectivity index (χ0n) is 35.6. The molecule has 0 aromatic carbocycles. The van der Waals surface area contributed by atoms with Gasteiger partial charge in [-0.05, 0) is 83.5 Å². The summed E-state index contributed by atoms with van der Waals surface area (Å²) in [7, 11) is 0. The molecule has 11 heteroatoms. The molecule has 0 aromatic rings. The van der Waals surface area contributed by atoms with Gasteiger partial charge in [0.25, 0.3) is 0 Å². The number of carbonyl (C=O) groups excluding carboxylic acids is 1. The SMILES string of the molecule is CCCCCC/C=C\CCC(O)C(=O)NC(COC1OC(CO)C(O)C(O)C1O)C(O)C(O)CCC/C=C/CC/C=C/CC/C=C/CCCCCCCCCCC. The van der Waals surface area contributed by atoms with E-state index >= 15 is 0 Å². The number of hydrogen-bond donors (Lipinski definition) is 8. The Hall–Kier alpha value is -1.93. The summed E-state index contributed by atoms with van der Waals surface area (Å²) in [5.74, 6) is -0.752. The fourth-order valence-electron chi connectivity index (χ4n) is 6.77. The number of carbonyl (C=O) groups is 1. The van der Waals surface area contributed by atoms with Crippen molar-refractivity contribution in [2.45, 2.75) is 223 Å². The van der Waals surface area contributed by atoms with Gasteiger partial charge in [0.15, 0.2) is 6.29 Å². The second-order valence-corrected chi connectivity index (χ2v) is 15.7. The molecule has 8 N–H and O–H groups in total. The molecular formula is C46H83NO10. The number of ether oxygens (including phenoxy) is 2. The number of allylic oxidation sites excluding steroid dienone is 8. The number of rotatable bonds is 36. The Bertz CT molecular complexity index is 1070. The summed E-state index contributed by atoms with van der Waals surface area (Å²) < 4.78 is 11.0. The Kier molecular flexibility index (Phi) is 33.5. The number of hydrogen-bond acceptors (Lipinski definition) is 10. The largest absolute Gasteiger partial charge is 0.394 e. The standard InChI is InChI=1S/C46H83NO10/c1-3-5-7-9-11-13-14-15-16-17-18-19-20-21-22-23-24-25-26-28-29-31-33-38(49)41(51)37(36-56-46-44(54)43(53)42(52)40(35-48)57-46)47-45(55)39(50)34-32-30-27-12-10-8-6-4-2/h18-19,22-23,26-28,30,37-44,46,48-54H,3-17,20-21,24-25,29,31-36H2,1-2H3,(H,47,55)/b19-18+,23-22+,28-26+,30-27-. The first kappa shape index (κ1) is 53.1. The van der Waals surface area contributed by atoms with E-state index in [2.05, 4.69) is 55.6 Å². The molecule has 1 saturated heterocycles. The molecule has 1 aliphatic rings. The van der Waals surface area contributed by atoms with Crippen molar-refractivity contribution in [3.63, 3.8) is 0 Å². The van der Waals surface area contributed by atoms with Gasteiger partial charge >= 0.3 is 0 Å². The van der Waals surface area contributed by atoms with E-state index in [9.17, 15) is 40.5 Å². The third-order valence-corrected chi connectivity index (χ3v) is 10.6. The summed E-state index contributed by atoms with van der Waals surface area (Å²) >= 11 is 0. The molecule has 0 saturated carbocycles. The zero-order chi connectivity index (χ0) is 41.9. The second-order valence-electron chi connectivity index (χ2n) is 15.7. The lowest BCUT2D eigenvalue weighted by molar-refractivity contribution is -0.303. The van der Waals surface area contributed by atoms with Crippen LogP contribution in [0.2, 0.25) is 0 Å². The Morgan fingerprint density at radius 2 is 1.05 bits per heavy atom. The van der Waals surface area contributed by atoms with E-state index in [0.29, 0.717) is 19.3 Å². The first-order valence-corrected chi connectivity index (χ1v) is 22.5. The van der Waals surface area contributed by atoms with Crippen LogP contribution in [0.1, 0.15) is 168 Å². The second kappa shape index (κ2) is 36.0. The average Bonchev–Trinajstić information content (AvgIpc) is 3.21. The van der Waals surface area contributed by atoms with Crippen LogP contribution in [-0.4, -0.2) is 110 Å². The minimum Gasteiger partial charge on any atom is -0.394 e. The topological polar surface area (TPSA) is 189 Å². The summed E-state index contributed by atoms with van der Waals surface area (Å²) in [6, 6.07) is -1.21. The number of nitrogens with one attached hydrogen (secondary N) is 1. The summed E-state index contributed by atoms with van der Waals surface area (Å²) in [6.07, 6.45) is 30.6. The number of aliphatic hydroxyl groups is 7. The molecule has 11 nitrogen and oxygen atoms in total. The fourth-order valence-corrected chi connectivity index (χ4v) is 6.77. The Labute approximate surface area is 345 Å². The van der Waals surface area contributed by atoms with E-state index in [0.717, 1.165) is 38.5 Å². The van der Waals surface area contributed by atoms with Crippen LogP contribution in [0.25, 0.3) is 0 Å². The number of aliphatic hydroxyl groups excluding tert-OH is 7. The fraction of sp³-hybridized carbons (Fsp3) is 0.804. The van der Waals surface area contributed by atoms with Crippen molar-refractivity contribution in [3.05, 3.63) is 48.6 Å². The predicted octanol–water partition coefficient (Wildman–Crippen LogP) is 7.00. The van der Waals surface area contributed by atoms with Gasteiger partial charge in [0, 0.05) is 0 Å². The average molecular weight is 810 g/mol. The lowest BCUT2D eigenvalue weighted by atomic mass is 9.99. The van der Waals surface area contributed by atoms with E-state index in [-0.39, 0.29) is 12.8 Å². The van der Waals surface area contributed by atoms with Crippen LogP contribution in [0.5, 0.6) is 0 Å². The Balaban J connectivity index is 2.46. The summed E-state index contributed by atoms with van der Waals surface area (Å²) in [5, 5.41) is 75.2. The van der Waals surface area contributed by atoms with Gasteiger partial charge in [0.1, 0.15) is 36.6 Å². The van der Waals surface area contributed by atoms with Crippen molar-refractivity contribution in [1.82, 2.24) is 5.32 Å². The zero-order valence-corrected chi connectivity index (χ0v) is 35.6. The normalized spacial score (nSPS) is 22.6. The van der Waals surface area contributed by atoms with Gasteiger partial charge in [-0.3, -0.25) is 4.79 Å². The van der Waals surface area contributed by atoms with Crippen LogP contribution in [0.3, 0.4) is 0 Å². The van der Waals surface area contributed by atoms with Gasteiger partial charge in [0.2, 0.25) is 5.91 Å². The molecule has 9 atom stereocenters. The Morgan fingerprint density at radius 3 is 1.58 bits per heavy atom. The summed E-state index contributed by atoms with van der Waals surface area (Å²) in [5.41, 5.74) is 0. The quantitative estimate of drug-likeness (QED) is 0.0242. The maximum atomic E-state index is 13.0. The minimum absolute atomic E-state index is 0.162. The van der Waals surface area contributed by atoms with Crippen LogP contribution in [0.4, 0.5) is 0 Å². The van der Waals surface area contributed by atoms with Gasteiger partial charge < -0.3 is 50.5 Å². The maximum absolute atomic E-state index is 13.0. The van der Waals surface area contributed by atoms with Crippen molar-refractivity contribution < 1.29 is 50.0 Å². The maximum Gasteiger partial charge on any atom is 0.249 e. The molecule has 332 valence electrons. The van der Waals surface area contributed by atoms with Crippen LogP contribution in [0, 0.1) is 0 Å². The van der Waals surface area contributed by atoms with Gasteiger partial charge in [-0.15, -0.1) is 0 Å². The van der Waals surface area contributed by atoms with Crippen LogP contribution >= 0.6 is 0 Å². The lowest BCUT2D eigenvalue weighted by Gasteiger charge is -2.40. The van der Waals surface area contributed by atoms with Crippen LogP contribution in [-0.2, 0) is 14.3 Å². The number of amides is 1. The molecule has 1 amide bonds. The van der Waals surface area contributed by atoms with Crippen molar-refractivity contribution in [2.24, 2.45) is 0 Å². The number of unbranched alkanes of at least 4 members (excludes halogenated alkanes) is 16. The highest BCUT2D eigenvalue weighted by Gasteiger charge is 2.44. The smallest absolute Gasteiger partial charge is 0.249 e. The van der Waals surface area contributed by atoms with Gasteiger partial charge in [-0.2, -0.15) is 0 Å². The molecule has 9 unspecified atom stereocenters. The van der Waals surface area contributed by atoms with Crippen LogP contribution in [0.15, 0.2) is 48.6 Å². The van der Waals surface area contributed by atoms with Gasteiger partial charge in [0.05, 0.1) is 25.4 Å². The molecule has 1 heterocycles. The van der Waals surface area contributed by atoms with E-state index in [4.69, 9.17) is 9.47 Å². The molecule has 0 aromatic heterocycles. The van der Waals surface area contributed by atoms with Crippen LogP contribution < -0.4 is 5.32 Å². The molecule has 1 aliphatic heterocycles. The van der Waals surface area contributed by atoms with E-state index in [1.165, 1.54) is 83.5 Å². The molecule has 0 bridgehead atoms. The molecule has 0 aliphatic carbocycles. The third-order valence-electron chi connectivity index (χ3n) is 10.6. The lowest BCUT2D eigenvalue weighted by Crippen LogP contribution is -2.60. The third kappa shape index (κ3) is 26.0. The highest BCUT2D eigenvalue weighted by molar-refractivity contribution is 5.80. The van der Waals surface area contributed by atoms with Crippen molar-refractivity contribution in [3.8, 4) is 0 Å². The van der Waals surface area contributed by atoms with Gasteiger partial charge in [-0.1, -0.05) is 133 Å². The first-order valence-electron chi connectivity index (χ1n) is 22.5. The van der Waals surface area contributed by atoms with Gasteiger partial charge in [-0.25, -0.2) is 0 Å². The van der Waals surface area contributed by atoms with Crippen molar-refractivity contribution in [1.29, 1.82) is 0 Å². The molecule has 57 heavy (non-hydrogen) atoms. The highest BCUT2D eigenvalue weighted by Crippen LogP contribution is 2.23. The van der Waals surface area contributed by atoms with E-state index < -0.39 is 74.2 Å². The van der Waals surface area contributed by atoms with Crippen molar-refractivity contribution in [2.75, 3.05) is 13.2 Å². The molecule has 0 spiro atoms. The predicted molar refractivity (Wildman–Crippen MR) is 228 cm³/mol. The molecular weight excluding hydrogens is 727 g/mol. The summed E-state index contributed by atoms with van der Waals surface area (Å²) in [6.45, 7) is 3.32. The highest BCUT2D eigenvalue weighted by atomic mass is 16.7. The van der Waals surface area contributed by atoms with E-state index in [1.807, 2.05) is 12.2 Å². The molecule has 1 fully saturated rings. The van der Waals surface area contributed by atoms with E-state index in [1.54, 1.807) is 0 Å². The monoisotopic (exact) mass is 810 g/mol. The molecule has 1 rings (SSSR count). The van der Waals surface area contributed by atoms with Crippen molar-refractivity contribution >= 4 is 5.91 Å².